The fourth-order valence-corrected chi connectivity index (χ4v) is 3.59. The third-order valence-electron chi connectivity index (χ3n) is 4.15. The van der Waals surface area contributed by atoms with E-state index in [4.69, 9.17) is 5.73 Å². The zero-order chi connectivity index (χ0) is 15.1. The number of halogens is 1. The molecule has 1 heterocycles. The van der Waals surface area contributed by atoms with Crippen LogP contribution in [-0.2, 0) is 6.42 Å². The second-order valence-electron chi connectivity index (χ2n) is 5.50. The van der Waals surface area contributed by atoms with Crippen LogP contribution < -0.4 is 5.73 Å². The van der Waals surface area contributed by atoms with Crippen LogP contribution in [0.4, 0.5) is 5.95 Å². The van der Waals surface area contributed by atoms with Gasteiger partial charge in [0.15, 0.2) is 0 Å². The second kappa shape index (κ2) is 5.21. The first kappa shape index (κ1) is 13.5. The molecule has 4 rings (SSSR count). The first-order valence-electron chi connectivity index (χ1n) is 7.18. The maximum atomic E-state index is 5.78. The Morgan fingerprint density at radius 1 is 1.09 bits per heavy atom. The molecule has 2 N–H and O–H groups in total. The summed E-state index contributed by atoms with van der Waals surface area (Å²) in [5.41, 5.74) is 11.6. The number of fused-ring (bicyclic) bond motifs is 3. The fourth-order valence-electron chi connectivity index (χ4n) is 3.17. The molecule has 1 aliphatic rings. The van der Waals surface area contributed by atoms with Crippen LogP contribution in [0.25, 0.3) is 11.3 Å². The Morgan fingerprint density at radius 2 is 1.95 bits per heavy atom. The quantitative estimate of drug-likeness (QED) is 0.715. The van der Waals surface area contributed by atoms with Gasteiger partial charge in [-0.3, -0.25) is 0 Å². The van der Waals surface area contributed by atoms with E-state index in [1.807, 2.05) is 12.3 Å². The molecule has 0 saturated heterocycles. The van der Waals surface area contributed by atoms with E-state index in [9.17, 15) is 0 Å². The highest BCUT2D eigenvalue weighted by molar-refractivity contribution is 9.10. The fraction of sp³-hybridized carbons (Fsp3) is 0.111. The Balaban J connectivity index is 1.92. The van der Waals surface area contributed by atoms with Gasteiger partial charge in [-0.2, -0.15) is 0 Å². The first-order chi connectivity index (χ1) is 10.7. The van der Waals surface area contributed by atoms with Gasteiger partial charge in [0.25, 0.3) is 0 Å². The summed E-state index contributed by atoms with van der Waals surface area (Å²) >= 11 is 3.57. The van der Waals surface area contributed by atoms with Crippen molar-refractivity contribution in [1.29, 1.82) is 0 Å². The van der Waals surface area contributed by atoms with E-state index in [1.165, 1.54) is 11.1 Å². The lowest BCUT2D eigenvalue weighted by atomic mass is 9.78. The van der Waals surface area contributed by atoms with Gasteiger partial charge in [0.1, 0.15) is 0 Å². The number of hydrogen-bond donors (Lipinski definition) is 1. The van der Waals surface area contributed by atoms with Gasteiger partial charge in [-0.15, -0.1) is 0 Å². The predicted octanol–water partition coefficient (Wildman–Crippen LogP) is 4.18. The summed E-state index contributed by atoms with van der Waals surface area (Å²) in [4.78, 5) is 8.63. The van der Waals surface area contributed by atoms with E-state index in [1.54, 1.807) is 0 Å². The molecule has 108 valence electrons. The number of anilines is 1. The third kappa shape index (κ3) is 2.20. The molecule has 0 amide bonds. The molecule has 2 aromatic carbocycles. The number of nitrogens with two attached hydrogens (primary N) is 1. The zero-order valence-corrected chi connectivity index (χ0v) is 13.4. The average Bonchev–Trinajstić information content (AvgIpc) is 2.54. The number of benzene rings is 2. The van der Waals surface area contributed by atoms with E-state index in [-0.39, 0.29) is 0 Å². The van der Waals surface area contributed by atoms with E-state index in [0.29, 0.717) is 11.9 Å². The van der Waals surface area contributed by atoms with Gasteiger partial charge in [-0.05, 0) is 35.2 Å². The molecule has 1 unspecified atom stereocenters. The van der Waals surface area contributed by atoms with Crippen LogP contribution in [0.1, 0.15) is 22.6 Å². The molecule has 3 aromatic rings. The zero-order valence-electron chi connectivity index (χ0n) is 11.8. The predicted molar refractivity (Wildman–Crippen MR) is 91.6 cm³/mol. The Morgan fingerprint density at radius 3 is 2.82 bits per heavy atom. The lowest BCUT2D eigenvalue weighted by Crippen LogP contribution is -2.15. The van der Waals surface area contributed by atoms with Crippen LogP contribution in [-0.4, -0.2) is 9.97 Å². The number of hydrogen-bond acceptors (Lipinski definition) is 3. The number of nitrogen functional groups attached to an aromatic ring is 1. The minimum Gasteiger partial charge on any atom is -0.368 e. The summed E-state index contributed by atoms with van der Waals surface area (Å²) in [7, 11) is 0. The number of nitrogens with zero attached hydrogens (tertiary/aromatic N) is 2. The van der Waals surface area contributed by atoms with E-state index >= 15 is 0 Å². The molecule has 4 heteroatoms. The van der Waals surface area contributed by atoms with Crippen LogP contribution in [0.15, 0.2) is 59.2 Å². The standard InChI is InChI=1S/C18H14BrN3/c19-13-5-3-4-11(8-13)16-9-12-10-21-18(20)22-17(12)15-7-2-1-6-14(15)16/h1-8,10,16H,9H2,(H2,20,21,22). The van der Waals surface area contributed by atoms with Crippen molar-refractivity contribution < 1.29 is 0 Å². The second-order valence-corrected chi connectivity index (χ2v) is 6.42. The highest BCUT2D eigenvalue weighted by Crippen LogP contribution is 2.41. The van der Waals surface area contributed by atoms with Crippen LogP contribution in [0, 0.1) is 0 Å². The van der Waals surface area contributed by atoms with Crippen LogP contribution in [0.5, 0.6) is 0 Å². The Kier molecular flexibility index (Phi) is 3.19. The molecule has 0 aliphatic heterocycles. The van der Waals surface area contributed by atoms with Crippen molar-refractivity contribution in [3.8, 4) is 11.3 Å². The van der Waals surface area contributed by atoms with Crippen molar-refractivity contribution in [2.75, 3.05) is 5.73 Å². The maximum absolute atomic E-state index is 5.78. The summed E-state index contributed by atoms with van der Waals surface area (Å²) in [6.45, 7) is 0. The Hall–Kier alpha value is -2.20. The van der Waals surface area contributed by atoms with Gasteiger partial charge in [-0.25, -0.2) is 9.97 Å². The van der Waals surface area contributed by atoms with Gasteiger partial charge in [0.2, 0.25) is 5.95 Å². The molecule has 1 aromatic heterocycles. The molecule has 3 nitrogen and oxygen atoms in total. The van der Waals surface area contributed by atoms with Crippen molar-refractivity contribution >= 4 is 21.9 Å². The molecule has 0 radical (unpaired) electrons. The highest BCUT2D eigenvalue weighted by atomic mass is 79.9. The van der Waals surface area contributed by atoms with Gasteiger partial charge >= 0.3 is 0 Å². The molecule has 0 bridgehead atoms. The topological polar surface area (TPSA) is 51.8 Å². The van der Waals surface area contributed by atoms with Crippen LogP contribution >= 0.6 is 15.9 Å². The summed E-state index contributed by atoms with van der Waals surface area (Å²) in [5.74, 6) is 0.642. The molecular weight excluding hydrogens is 338 g/mol. The Bertz CT molecular complexity index is 860. The third-order valence-corrected chi connectivity index (χ3v) is 4.64. The summed E-state index contributed by atoms with van der Waals surface area (Å²) in [6, 6.07) is 16.9. The van der Waals surface area contributed by atoms with Crippen LogP contribution in [0.2, 0.25) is 0 Å². The van der Waals surface area contributed by atoms with Gasteiger partial charge in [-0.1, -0.05) is 52.3 Å². The monoisotopic (exact) mass is 351 g/mol. The normalized spacial score (nSPS) is 16.0. The van der Waals surface area contributed by atoms with Gasteiger partial charge < -0.3 is 5.73 Å². The molecule has 0 saturated carbocycles. The van der Waals surface area contributed by atoms with Crippen molar-refractivity contribution in [1.82, 2.24) is 9.97 Å². The van der Waals surface area contributed by atoms with Crippen LogP contribution in [0.3, 0.4) is 0 Å². The van der Waals surface area contributed by atoms with Crippen molar-refractivity contribution in [3.63, 3.8) is 0 Å². The summed E-state index contributed by atoms with van der Waals surface area (Å²) in [5, 5.41) is 0. The highest BCUT2D eigenvalue weighted by Gasteiger charge is 2.27. The minimum atomic E-state index is 0.313. The lowest BCUT2D eigenvalue weighted by Gasteiger charge is -2.27. The summed E-state index contributed by atoms with van der Waals surface area (Å²) < 4.78 is 1.10. The molecule has 1 aliphatic carbocycles. The molecule has 1 atom stereocenters. The number of rotatable bonds is 1. The van der Waals surface area contributed by atoms with Gasteiger partial charge in [0.05, 0.1) is 5.69 Å². The van der Waals surface area contributed by atoms with Crippen molar-refractivity contribution in [2.24, 2.45) is 0 Å². The first-order valence-corrected chi connectivity index (χ1v) is 7.98. The molecule has 0 fully saturated rings. The van der Waals surface area contributed by atoms with Crippen molar-refractivity contribution in [3.05, 3.63) is 75.9 Å². The van der Waals surface area contributed by atoms with E-state index in [2.05, 4.69) is 68.4 Å². The van der Waals surface area contributed by atoms with E-state index in [0.717, 1.165) is 27.7 Å². The summed E-state index contributed by atoms with van der Waals surface area (Å²) in [6.07, 6.45) is 2.75. The Labute approximate surface area is 137 Å². The molecule has 22 heavy (non-hydrogen) atoms. The SMILES string of the molecule is Nc1ncc2c(n1)-c1ccccc1C(c1cccc(Br)c1)C2. The molecule has 0 spiro atoms. The lowest BCUT2D eigenvalue weighted by molar-refractivity contribution is 0.782. The maximum Gasteiger partial charge on any atom is 0.220 e. The van der Waals surface area contributed by atoms with E-state index < -0.39 is 0 Å². The minimum absolute atomic E-state index is 0.313. The average molecular weight is 352 g/mol. The smallest absolute Gasteiger partial charge is 0.220 e. The van der Waals surface area contributed by atoms with Gasteiger partial charge in [0, 0.05) is 22.2 Å². The largest absolute Gasteiger partial charge is 0.368 e. The van der Waals surface area contributed by atoms with Crippen molar-refractivity contribution in [2.45, 2.75) is 12.3 Å². The number of aromatic nitrogens is 2. The molecular formula is C18H14BrN3.